The quantitative estimate of drug-likeness (QED) is 0.763. The molecule has 0 spiro atoms. The summed E-state index contributed by atoms with van der Waals surface area (Å²) >= 11 is 0. The minimum Gasteiger partial charge on any atom is -0.356 e. The van der Waals surface area contributed by atoms with Gasteiger partial charge in [-0.25, -0.2) is 0 Å². The summed E-state index contributed by atoms with van der Waals surface area (Å²) in [5.74, 6) is -0.130. The Kier molecular flexibility index (Phi) is 6.06. The van der Waals surface area contributed by atoms with Gasteiger partial charge in [-0.3, -0.25) is 14.5 Å². The smallest absolute Gasteiger partial charge is 0.254 e. The Labute approximate surface area is 155 Å². The summed E-state index contributed by atoms with van der Waals surface area (Å²) in [5, 5.41) is 0. The van der Waals surface area contributed by atoms with Gasteiger partial charge in [-0.05, 0) is 12.0 Å². The Morgan fingerprint density at radius 1 is 1.23 bits per heavy atom. The highest BCUT2D eigenvalue weighted by Gasteiger charge is 2.41. The van der Waals surface area contributed by atoms with Crippen molar-refractivity contribution >= 4 is 11.8 Å². The lowest BCUT2D eigenvalue weighted by Gasteiger charge is -2.40. The van der Waals surface area contributed by atoms with Crippen LogP contribution in [0.15, 0.2) is 43.0 Å². The fourth-order valence-corrected chi connectivity index (χ4v) is 3.70. The highest BCUT2D eigenvalue weighted by Crippen LogP contribution is 2.30. The number of hydrogen-bond donors (Lipinski definition) is 0. The Morgan fingerprint density at radius 2 is 2.00 bits per heavy atom. The fourth-order valence-electron chi connectivity index (χ4n) is 3.70. The van der Waals surface area contributed by atoms with Crippen molar-refractivity contribution in [2.45, 2.75) is 18.6 Å². The summed E-state index contributed by atoms with van der Waals surface area (Å²) in [6.45, 7) is 7.76. The Hall–Kier alpha value is -2.18. The first kappa shape index (κ1) is 18.6. The maximum Gasteiger partial charge on any atom is 0.254 e. The molecule has 2 fully saturated rings. The van der Waals surface area contributed by atoms with Gasteiger partial charge in [0.2, 0.25) is 5.91 Å². The minimum atomic E-state index is -0.661. The lowest BCUT2D eigenvalue weighted by Crippen LogP contribution is -2.54. The molecule has 0 saturated carbocycles. The topological polar surface area (TPSA) is 53.1 Å². The van der Waals surface area contributed by atoms with Gasteiger partial charge < -0.3 is 14.5 Å². The number of benzene rings is 1. The minimum absolute atomic E-state index is 0.0290. The lowest BCUT2D eigenvalue weighted by molar-refractivity contribution is -0.167. The molecule has 2 atom stereocenters. The molecule has 26 heavy (non-hydrogen) atoms. The van der Waals surface area contributed by atoms with Crippen molar-refractivity contribution in [3.63, 3.8) is 0 Å². The van der Waals surface area contributed by atoms with Gasteiger partial charge in [0.05, 0.1) is 6.04 Å². The van der Waals surface area contributed by atoms with Crippen LogP contribution in [0.1, 0.15) is 18.0 Å². The highest BCUT2D eigenvalue weighted by atomic mass is 16.5. The molecule has 2 aliphatic heterocycles. The molecule has 2 unspecified atom stereocenters. The third kappa shape index (κ3) is 3.97. The van der Waals surface area contributed by atoms with Crippen molar-refractivity contribution in [1.29, 1.82) is 0 Å². The average molecular weight is 357 g/mol. The van der Waals surface area contributed by atoms with Crippen molar-refractivity contribution in [3.05, 3.63) is 48.6 Å². The van der Waals surface area contributed by atoms with Crippen LogP contribution in [0.3, 0.4) is 0 Å². The number of nitrogens with zero attached hydrogens (tertiary/aromatic N) is 3. The number of rotatable bonds is 4. The summed E-state index contributed by atoms with van der Waals surface area (Å²) in [4.78, 5) is 31.2. The normalized spacial score (nSPS) is 25.0. The predicted molar refractivity (Wildman–Crippen MR) is 99.5 cm³/mol. The van der Waals surface area contributed by atoms with Crippen LogP contribution < -0.4 is 0 Å². The number of likely N-dealkylation sites (N-methyl/N-ethyl adjacent to an activating group) is 1. The van der Waals surface area contributed by atoms with Crippen molar-refractivity contribution in [3.8, 4) is 0 Å². The zero-order chi connectivity index (χ0) is 18.5. The summed E-state index contributed by atoms with van der Waals surface area (Å²) < 4.78 is 5.75. The van der Waals surface area contributed by atoms with Gasteiger partial charge in [0.1, 0.15) is 6.61 Å². The molecule has 0 radical (unpaired) electrons. The second-order valence-electron chi connectivity index (χ2n) is 6.86. The van der Waals surface area contributed by atoms with E-state index < -0.39 is 12.1 Å². The lowest BCUT2D eigenvalue weighted by atomic mass is 9.97. The van der Waals surface area contributed by atoms with Crippen LogP contribution in [0.4, 0.5) is 0 Å². The number of hydrogen-bond acceptors (Lipinski definition) is 4. The summed E-state index contributed by atoms with van der Waals surface area (Å²) in [6.07, 6.45) is 2.16. The second-order valence-corrected chi connectivity index (χ2v) is 6.86. The van der Waals surface area contributed by atoms with E-state index in [-0.39, 0.29) is 18.4 Å². The average Bonchev–Trinajstić information content (AvgIpc) is 2.90. The van der Waals surface area contributed by atoms with Gasteiger partial charge in [0, 0.05) is 39.8 Å². The fraction of sp³-hybridized carbons (Fsp3) is 0.500. The number of amides is 2. The third-order valence-corrected chi connectivity index (χ3v) is 5.16. The molecule has 3 rings (SSSR count). The maximum atomic E-state index is 13.2. The zero-order valence-electron chi connectivity index (χ0n) is 15.3. The molecular formula is C20H27N3O3. The molecule has 6 heteroatoms. The predicted octanol–water partition coefficient (Wildman–Crippen LogP) is 1.31. The summed E-state index contributed by atoms with van der Waals surface area (Å²) in [5.41, 5.74) is 0.921. The van der Waals surface area contributed by atoms with E-state index in [1.165, 1.54) is 0 Å². The zero-order valence-corrected chi connectivity index (χ0v) is 15.3. The van der Waals surface area contributed by atoms with Gasteiger partial charge >= 0.3 is 0 Å². The van der Waals surface area contributed by atoms with Crippen molar-refractivity contribution in [2.75, 3.05) is 46.4 Å². The molecule has 2 amide bonds. The molecule has 0 bridgehead atoms. The number of carbonyl (C=O) groups is 2. The SMILES string of the molecule is C=CCN1CCCN(C(=O)C2OCC(=O)N(C)C2c2ccccc2)CC1. The number of morpholine rings is 1. The molecule has 0 aliphatic carbocycles. The molecule has 2 heterocycles. The Morgan fingerprint density at radius 3 is 2.73 bits per heavy atom. The molecular weight excluding hydrogens is 330 g/mol. The van der Waals surface area contributed by atoms with Crippen LogP contribution in [-0.4, -0.2) is 79.0 Å². The molecule has 1 aromatic rings. The van der Waals surface area contributed by atoms with E-state index >= 15 is 0 Å². The second kappa shape index (κ2) is 8.47. The van der Waals surface area contributed by atoms with E-state index in [0.717, 1.165) is 31.6 Å². The van der Waals surface area contributed by atoms with E-state index in [1.807, 2.05) is 41.3 Å². The van der Waals surface area contributed by atoms with Gasteiger partial charge in [-0.15, -0.1) is 6.58 Å². The largest absolute Gasteiger partial charge is 0.356 e. The maximum absolute atomic E-state index is 13.2. The van der Waals surface area contributed by atoms with Crippen molar-refractivity contribution in [1.82, 2.24) is 14.7 Å². The van der Waals surface area contributed by atoms with Crippen LogP contribution in [-0.2, 0) is 14.3 Å². The molecule has 140 valence electrons. The molecule has 6 nitrogen and oxygen atoms in total. The van der Waals surface area contributed by atoms with Crippen LogP contribution in [0.25, 0.3) is 0 Å². The Bertz CT molecular complexity index is 649. The van der Waals surface area contributed by atoms with Crippen LogP contribution in [0, 0.1) is 0 Å². The van der Waals surface area contributed by atoms with E-state index in [4.69, 9.17) is 4.74 Å². The Balaban J connectivity index is 1.78. The third-order valence-electron chi connectivity index (χ3n) is 5.16. The standard InChI is InChI=1S/C20H27N3O3/c1-3-10-22-11-7-12-23(14-13-22)20(25)19-18(16-8-5-4-6-9-16)21(2)17(24)15-26-19/h3-6,8-9,18-19H,1,7,10-15H2,2H3. The highest BCUT2D eigenvalue weighted by molar-refractivity contribution is 5.86. The molecule has 1 aromatic carbocycles. The first-order valence-electron chi connectivity index (χ1n) is 9.16. The van der Waals surface area contributed by atoms with Crippen LogP contribution >= 0.6 is 0 Å². The molecule has 2 saturated heterocycles. The molecule has 2 aliphatic rings. The van der Waals surface area contributed by atoms with Crippen LogP contribution in [0.5, 0.6) is 0 Å². The van der Waals surface area contributed by atoms with Crippen LogP contribution in [0.2, 0.25) is 0 Å². The monoisotopic (exact) mass is 357 g/mol. The van der Waals surface area contributed by atoms with E-state index in [2.05, 4.69) is 11.5 Å². The van der Waals surface area contributed by atoms with E-state index in [9.17, 15) is 9.59 Å². The van der Waals surface area contributed by atoms with Gasteiger partial charge in [-0.1, -0.05) is 36.4 Å². The molecule has 0 aromatic heterocycles. The van der Waals surface area contributed by atoms with Crippen molar-refractivity contribution in [2.24, 2.45) is 0 Å². The first-order chi connectivity index (χ1) is 12.6. The van der Waals surface area contributed by atoms with E-state index in [1.54, 1.807) is 11.9 Å². The van der Waals surface area contributed by atoms with E-state index in [0.29, 0.717) is 13.1 Å². The summed E-state index contributed by atoms with van der Waals surface area (Å²) in [6, 6.07) is 9.26. The first-order valence-corrected chi connectivity index (χ1v) is 9.16. The number of carbonyl (C=O) groups excluding carboxylic acids is 2. The van der Waals surface area contributed by atoms with Gasteiger partial charge in [0.15, 0.2) is 6.10 Å². The number of ether oxygens (including phenoxy) is 1. The van der Waals surface area contributed by atoms with Crippen molar-refractivity contribution < 1.29 is 14.3 Å². The van der Waals surface area contributed by atoms with Gasteiger partial charge in [-0.2, -0.15) is 0 Å². The summed E-state index contributed by atoms with van der Waals surface area (Å²) in [7, 11) is 1.75. The molecule has 0 N–H and O–H groups in total. The van der Waals surface area contributed by atoms with Gasteiger partial charge in [0.25, 0.3) is 5.91 Å².